The lowest BCUT2D eigenvalue weighted by Gasteiger charge is -2.08. The number of aryl methyl sites for hydroxylation is 1. The molecule has 2 rings (SSSR count). The first-order valence-electron chi connectivity index (χ1n) is 6.62. The van der Waals surface area contributed by atoms with Gasteiger partial charge in [0, 0.05) is 38.9 Å². The molecule has 0 aliphatic rings. The molecule has 2 aromatic rings. The molecule has 0 saturated heterocycles. The average Bonchev–Trinajstić information content (AvgIpc) is 2.51. The van der Waals surface area contributed by atoms with Gasteiger partial charge in [-0.2, -0.15) is 0 Å². The van der Waals surface area contributed by atoms with Crippen LogP contribution >= 0.6 is 0 Å². The fourth-order valence-electron chi connectivity index (χ4n) is 2.09. The summed E-state index contributed by atoms with van der Waals surface area (Å²) in [5.41, 5.74) is 1.07. The van der Waals surface area contributed by atoms with Crippen molar-refractivity contribution >= 4 is 0 Å². The lowest BCUT2D eigenvalue weighted by molar-refractivity contribution is 0.414. The maximum absolute atomic E-state index is 12.0. The number of benzene rings is 1. The van der Waals surface area contributed by atoms with E-state index in [9.17, 15) is 9.59 Å². The summed E-state index contributed by atoms with van der Waals surface area (Å²) in [6.07, 6.45) is 1.58. The lowest BCUT2D eigenvalue weighted by atomic mass is 10.2. The molecule has 0 aliphatic heterocycles. The first-order chi connectivity index (χ1) is 10.0. The number of ether oxygens (including phenoxy) is 1. The Labute approximate surface area is 122 Å². The predicted octanol–water partition coefficient (Wildman–Crippen LogP) is 0.382. The highest BCUT2D eigenvalue weighted by Gasteiger charge is 2.06. The van der Waals surface area contributed by atoms with E-state index >= 15 is 0 Å². The molecule has 0 amide bonds. The zero-order valence-electron chi connectivity index (χ0n) is 12.4. The van der Waals surface area contributed by atoms with Crippen molar-refractivity contribution in [1.29, 1.82) is 0 Å². The van der Waals surface area contributed by atoms with Crippen LogP contribution in [0.1, 0.15) is 11.1 Å². The van der Waals surface area contributed by atoms with Gasteiger partial charge >= 0.3 is 5.69 Å². The summed E-state index contributed by atoms with van der Waals surface area (Å²) in [5, 5.41) is 3.20. The van der Waals surface area contributed by atoms with Crippen LogP contribution in [0.3, 0.4) is 0 Å². The van der Waals surface area contributed by atoms with Gasteiger partial charge in [0.1, 0.15) is 5.75 Å². The Hall–Kier alpha value is -2.34. The third-order valence-corrected chi connectivity index (χ3v) is 3.32. The molecule has 0 aliphatic carbocycles. The smallest absolute Gasteiger partial charge is 0.330 e. The number of hydrogen-bond acceptors (Lipinski definition) is 4. The molecule has 1 aromatic heterocycles. The van der Waals surface area contributed by atoms with Crippen LogP contribution in [0.4, 0.5) is 0 Å². The van der Waals surface area contributed by atoms with Gasteiger partial charge in [-0.25, -0.2) is 4.79 Å². The van der Waals surface area contributed by atoms with Crippen molar-refractivity contribution in [3.05, 3.63) is 62.4 Å². The van der Waals surface area contributed by atoms with Gasteiger partial charge in [0.15, 0.2) is 0 Å². The molecule has 112 valence electrons. The Bertz CT molecular complexity index is 729. The van der Waals surface area contributed by atoms with E-state index in [2.05, 4.69) is 5.32 Å². The van der Waals surface area contributed by atoms with Crippen LogP contribution in [-0.4, -0.2) is 16.2 Å². The van der Waals surface area contributed by atoms with Crippen LogP contribution < -0.4 is 21.3 Å². The second-order valence-corrected chi connectivity index (χ2v) is 4.86. The molecule has 21 heavy (non-hydrogen) atoms. The number of methoxy groups -OCH3 is 1. The van der Waals surface area contributed by atoms with E-state index in [-0.39, 0.29) is 11.2 Å². The third kappa shape index (κ3) is 3.41. The minimum absolute atomic E-state index is 0.264. The number of rotatable bonds is 5. The fourth-order valence-corrected chi connectivity index (χ4v) is 2.09. The van der Waals surface area contributed by atoms with E-state index in [0.717, 1.165) is 15.9 Å². The van der Waals surface area contributed by atoms with Crippen LogP contribution in [0.15, 0.2) is 40.1 Å². The summed E-state index contributed by atoms with van der Waals surface area (Å²) in [4.78, 5) is 23.6. The summed E-state index contributed by atoms with van der Waals surface area (Å²) in [6, 6.07) is 7.71. The number of nitrogens with one attached hydrogen (secondary N) is 1. The Morgan fingerprint density at radius 2 is 1.76 bits per heavy atom. The van der Waals surface area contributed by atoms with Gasteiger partial charge < -0.3 is 14.6 Å². The molecule has 0 atom stereocenters. The van der Waals surface area contributed by atoms with Crippen molar-refractivity contribution in [3.63, 3.8) is 0 Å². The van der Waals surface area contributed by atoms with E-state index in [1.165, 1.54) is 11.6 Å². The number of nitrogens with zero attached hydrogens (tertiary/aromatic N) is 2. The Kier molecular flexibility index (Phi) is 4.59. The van der Waals surface area contributed by atoms with Crippen LogP contribution in [0, 0.1) is 0 Å². The highest BCUT2D eigenvalue weighted by atomic mass is 16.5. The molecule has 0 fully saturated rings. The summed E-state index contributed by atoms with van der Waals surface area (Å²) in [6.45, 7) is 1.04. The average molecular weight is 289 g/mol. The molecule has 0 unspecified atom stereocenters. The monoisotopic (exact) mass is 289 g/mol. The number of aromatic nitrogens is 2. The van der Waals surface area contributed by atoms with E-state index in [0.29, 0.717) is 18.7 Å². The minimum Gasteiger partial charge on any atom is -0.497 e. The molecule has 6 nitrogen and oxygen atoms in total. The van der Waals surface area contributed by atoms with Crippen LogP contribution in [0.2, 0.25) is 0 Å². The van der Waals surface area contributed by atoms with E-state index < -0.39 is 0 Å². The summed E-state index contributed by atoms with van der Waals surface area (Å²) in [5.74, 6) is 0.811. The highest BCUT2D eigenvalue weighted by molar-refractivity contribution is 5.27. The SMILES string of the molecule is COc1ccc(CNCc2cn(C)c(=O)n(C)c2=O)cc1. The van der Waals surface area contributed by atoms with Gasteiger partial charge in [-0.15, -0.1) is 0 Å². The second kappa shape index (κ2) is 6.41. The molecular formula is C15H19N3O3. The van der Waals surface area contributed by atoms with E-state index in [1.807, 2.05) is 24.3 Å². The molecule has 1 N–H and O–H groups in total. The van der Waals surface area contributed by atoms with Gasteiger partial charge in [-0.1, -0.05) is 12.1 Å². The van der Waals surface area contributed by atoms with E-state index in [4.69, 9.17) is 4.74 Å². The van der Waals surface area contributed by atoms with Gasteiger partial charge in [0.25, 0.3) is 5.56 Å². The zero-order valence-corrected chi connectivity index (χ0v) is 12.4. The van der Waals surface area contributed by atoms with Gasteiger partial charge in [0.05, 0.1) is 7.11 Å². The van der Waals surface area contributed by atoms with Gasteiger partial charge in [-0.3, -0.25) is 9.36 Å². The highest BCUT2D eigenvalue weighted by Crippen LogP contribution is 2.10. The first-order valence-corrected chi connectivity index (χ1v) is 6.62. The van der Waals surface area contributed by atoms with Crippen molar-refractivity contribution in [3.8, 4) is 5.75 Å². The topological polar surface area (TPSA) is 65.3 Å². The third-order valence-electron chi connectivity index (χ3n) is 3.32. The minimum atomic E-state index is -0.320. The molecule has 0 bridgehead atoms. The van der Waals surface area contributed by atoms with Crippen LogP contribution in [0.5, 0.6) is 5.75 Å². The summed E-state index contributed by atoms with van der Waals surface area (Å²) >= 11 is 0. The maximum Gasteiger partial charge on any atom is 0.330 e. The Morgan fingerprint density at radius 3 is 2.38 bits per heavy atom. The fraction of sp³-hybridized carbons (Fsp3) is 0.333. The van der Waals surface area contributed by atoms with Crippen molar-refractivity contribution in [2.24, 2.45) is 14.1 Å². The van der Waals surface area contributed by atoms with Crippen molar-refractivity contribution in [2.45, 2.75) is 13.1 Å². The molecule has 0 radical (unpaired) electrons. The predicted molar refractivity (Wildman–Crippen MR) is 80.5 cm³/mol. The summed E-state index contributed by atoms with van der Waals surface area (Å²) < 4.78 is 7.62. The molecule has 1 heterocycles. The Morgan fingerprint density at radius 1 is 1.10 bits per heavy atom. The van der Waals surface area contributed by atoms with Crippen molar-refractivity contribution < 1.29 is 4.74 Å². The maximum atomic E-state index is 12.0. The quantitative estimate of drug-likeness (QED) is 0.864. The van der Waals surface area contributed by atoms with Crippen molar-refractivity contribution in [1.82, 2.24) is 14.5 Å². The molecule has 0 saturated carbocycles. The largest absolute Gasteiger partial charge is 0.497 e. The van der Waals surface area contributed by atoms with E-state index in [1.54, 1.807) is 20.4 Å². The van der Waals surface area contributed by atoms with Gasteiger partial charge in [-0.05, 0) is 17.7 Å². The number of hydrogen-bond donors (Lipinski definition) is 1. The molecule has 6 heteroatoms. The molecule has 0 spiro atoms. The summed E-state index contributed by atoms with van der Waals surface area (Å²) in [7, 11) is 4.75. The lowest BCUT2D eigenvalue weighted by Crippen LogP contribution is -2.39. The molecule has 1 aromatic carbocycles. The van der Waals surface area contributed by atoms with Crippen LogP contribution in [-0.2, 0) is 27.2 Å². The normalized spacial score (nSPS) is 10.6. The van der Waals surface area contributed by atoms with Gasteiger partial charge in [0.2, 0.25) is 0 Å². The van der Waals surface area contributed by atoms with Crippen molar-refractivity contribution in [2.75, 3.05) is 7.11 Å². The first kappa shape index (κ1) is 15.1. The standard InChI is InChI=1S/C15H19N3O3/c1-17-10-12(14(19)18(2)15(17)20)9-16-8-11-4-6-13(21-3)7-5-11/h4-7,10,16H,8-9H2,1-3H3. The zero-order chi connectivity index (χ0) is 15.4. The van der Waals surface area contributed by atoms with Crippen LogP contribution in [0.25, 0.3) is 0 Å². The molecular weight excluding hydrogens is 270 g/mol. The second-order valence-electron chi connectivity index (χ2n) is 4.86. The Balaban J connectivity index is 2.03.